The second-order valence-corrected chi connectivity index (χ2v) is 3.92. The van der Waals surface area contributed by atoms with Gasteiger partial charge in [0.25, 0.3) is 0 Å². The van der Waals surface area contributed by atoms with Crippen LogP contribution in [0.25, 0.3) is 6.08 Å². The fourth-order valence-corrected chi connectivity index (χ4v) is 1.69. The summed E-state index contributed by atoms with van der Waals surface area (Å²) in [6.07, 6.45) is 3.71. The summed E-state index contributed by atoms with van der Waals surface area (Å²) >= 11 is 0. The van der Waals surface area contributed by atoms with Crippen LogP contribution in [-0.4, -0.2) is 26.3 Å². The summed E-state index contributed by atoms with van der Waals surface area (Å²) in [6, 6.07) is 7.86. The third-order valence-corrected chi connectivity index (χ3v) is 2.65. The normalized spacial score (nSPS) is 16.3. The van der Waals surface area contributed by atoms with Gasteiger partial charge in [-0.1, -0.05) is 36.4 Å². The second-order valence-electron chi connectivity index (χ2n) is 3.92. The second kappa shape index (κ2) is 6.33. The van der Waals surface area contributed by atoms with Crippen molar-refractivity contribution in [3.05, 3.63) is 41.5 Å². The van der Waals surface area contributed by atoms with Gasteiger partial charge in [0.15, 0.2) is 6.29 Å². The van der Waals surface area contributed by atoms with Crippen LogP contribution in [0.2, 0.25) is 0 Å². The molecule has 1 aliphatic rings. The number of carbonyl (C=O) groups excluding carboxylic acids is 1. The molecule has 0 atom stereocenters. The highest BCUT2D eigenvalue weighted by Crippen LogP contribution is 2.23. The fraction of sp³-hybridized carbons (Fsp3) is 0.357. The van der Waals surface area contributed by atoms with E-state index in [1.165, 1.54) is 7.11 Å². The van der Waals surface area contributed by atoms with Crippen molar-refractivity contribution in [3.63, 3.8) is 0 Å². The molecule has 0 saturated carbocycles. The Balaban J connectivity index is 1.92. The number of methoxy groups -OCH3 is 1. The van der Waals surface area contributed by atoms with Crippen molar-refractivity contribution in [2.24, 2.45) is 0 Å². The maximum Gasteiger partial charge on any atom is 0.309 e. The molecule has 0 amide bonds. The van der Waals surface area contributed by atoms with E-state index in [0.717, 1.165) is 11.1 Å². The first-order valence-corrected chi connectivity index (χ1v) is 5.86. The summed E-state index contributed by atoms with van der Waals surface area (Å²) in [5.74, 6) is -0.240. The number of benzene rings is 1. The molecule has 4 nitrogen and oxygen atoms in total. The van der Waals surface area contributed by atoms with Gasteiger partial charge in [0.1, 0.15) is 0 Å². The van der Waals surface area contributed by atoms with E-state index in [4.69, 9.17) is 9.47 Å². The Bertz CT molecular complexity index is 416. The number of rotatable bonds is 4. The number of hydrogen-bond acceptors (Lipinski definition) is 4. The molecule has 1 fully saturated rings. The molecular weight excluding hydrogens is 232 g/mol. The van der Waals surface area contributed by atoms with E-state index in [-0.39, 0.29) is 18.7 Å². The predicted molar refractivity (Wildman–Crippen MR) is 66.8 cm³/mol. The number of esters is 1. The highest BCUT2D eigenvalue weighted by atomic mass is 16.7. The molecule has 0 spiro atoms. The Morgan fingerprint density at radius 2 is 2.00 bits per heavy atom. The molecule has 1 heterocycles. The predicted octanol–water partition coefficient (Wildman–Crippen LogP) is 2.31. The van der Waals surface area contributed by atoms with Gasteiger partial charge in [-0.3, -0.25) is 4.79 Å². The van der Waals surface area contributed by atoms with Gasteiger partial charge >= 0.3 is 5.97 Å². The van der Waals surface area contributed by atoms with Crippen molar-refractivity contribution >= 4 is 12.0 Å². The third-order valence-electron chi connectivity index (χ3n) is 2.65. The van der Waals surface area contributed by atoms with Gasteiger partial charge < -0.3 is 14.2 Å². The van der Waals surface area contributed by atoms with Crippen molar-refractivity contribution in [2.75, 3.05) is 20.3 Å². The van der Waals surface area contributed by atoms with Crippen LogP contribution in [0, 0.1) is 0 Å². The average Bonchev–Trinajstić information content (AvgIpc) is 2.93. The van der Waals surface area contributed by atoms with E-state index >= 15 is 0 Å². The van der Waals surface area contributed by atoms with Crippen LogP contribution in [0.5, 0.6) is 0 Å². The standard InChI is InChI=1S/C14H16O4/c1-16-13(15)4-2-3-11-5-7-12(8-6-11)14-17-9-10-18-14/h2-3,5-8,14H,4,9-10H2,1H3. The Morgan fingerprint density at radius 3 is 2.61 bits per heavy atom. The molecule has 0 radical (unpaired) electrons. The van der Waals surface area contributed by atoms with Crippen LogP contribution in [-0.2, 0) is 19.0 Å². The number of ether oxygens (including phenoxy) is 3. The molecule has 0 unspecified atom stereocenters. The summed E-state index contributed by atoms with van der Waals surface area (Å²) in [5, 5.41) is 0. The van der Waals surface area contributed by atoms with E-state index in [9.17, 15) is 4.79 Å². The average molecular weight is 248 g/mol. The maximum atomic E-state index is 10.9. The van der Waals surface area contributed by atoms with E-state index < -0.39 is 0 Å². The van der Waals surface area contributed by atoms with Crippen LogP contribution in [0.1, 0.15) is 23.8 Å². The molecule has 1 aromatic carbocycles. The molecular formula is C14H16O4. The maximum absolute atomic E-state index is 10.9. The van der Waals surface area contributed by atoms with E-state index in [2.05, 4.69) is 4.74 Å². The summed E-state index contributed by atoms with van der Waals surface area (Å²) < 4.78 is 15.4. The van der Waals surface area contributed by atoms with E-state index in [1.54, 1.807) is 6.08 Å². The number of hydrogen-bond donors (Lipinski definition) is 0. The van der Waals surface area contributed by atoms with Crippen LogP contribution >= 0.6 is 0 Å². The van der Waals surface area contributed by atoms with Gasteiger partial charge in [0, 0.05) is 5.56 Å². The van der Waals surface area contributed by atoms with Crippen molar-refractivity contribution < 1.29 is 19.0 Å². The smallest absolute Gasteiger partial charge is 0.309 e. The van der Waals surface area contributed by atoms with Crippen molar-refractivity contribution in [1.29, 1.82) is 0 Å². The quantitative estimate of drug-likeness (QED) is 0.767. The lowest BCUT2D eigenvalue weighted by atomic mass is 10.1. The lowest BCUT2D eigenvalue weighted by molar-refractivity contribution is -0.139. The van der Waals surface area contributed by atoms with E-state index in [0.29, 0.717) is 13.2 Å². The van der Waals surface area contributed by atoms with Crippen LogP contribution < -0.4 is 0 Å². The van der Waals surface area contributed by atoms with Gasteiger partial charge in [-0.05, 0) is 5.56 Å². The summed E-state index contributed by atoms with van der Waals surface area (Å²) in [4.78, 5) is 10.9. The molecule has 18 heavy (non-hydrogen) atoms. The lowest BCUT2D eigenvalue weighted by Gasteiger charge is -2.08. The molecule has 0 N–H and O–H groups in total. The largest absolute Gasteiger partial charge is 0.469 e. The Hall–Kier alpha value is -1.65. The van der Waals surface area contributed by atoms with Crippen molar-refractivity contribution in [3.8, 4) is 0 Å². The first kappa shape index (κ1) is 12.8. The first-order chi connectivity index (χ1) is 8.79. The van der Waals surface area contributed by atoms with Gasteiger partial charge in [-0.25, -0.2) is 0 Å². The van der Waals surface area contributed by atoms with Crippen LogP contribution in [0.15, 0.2) is 30.3 Å². The Morgan fingerprint density at radius 1 is 1.33 bits per heavy atom. The first-order valence-electron chi connectivity index (χ1n) is 5.86. The van der Waals surface area contributed by atoms with Gasteiger partial charge in [-0.15, -0.1) is 0 Å². The topological polar surface area (TPSA) is 44.8 Å². The van der Waals surface area contributed by atoms with E-state index in [1.807, 2.05) is 30.3 Å². The minimum Gasteiger partial charge on any atom is -0.469 e. The molecule has 1 saturated heterocycles. The van der Waals surface area contributed by atoms with Gasteiger partial charge in [-0.2, -0.15) is 0 Å². The molecule has 0 bridgehead atoms. The third kappa shape index (κ3) is 3.42. The lowest BCUT2D eigenvalue weighted by Crippen LogP contribution is -1.97. The minimum atomic E-state index is -0.240. The Labute approximate surface area is 106 Å². The van der Waals surface area contributed by atoms with Gasteiger partial charge in [0.05, 0.1) is 26.7 Å². The van der Waals surface area contributed by atoms with Crippen LogP contribution in [0.4, 0.5) is 0 Å². The zero-order chi connectivity index (χ0) is 12.8. The zero-order valence-electron chi connectivity index (χ0n) is 10.3. The monoisotopic (exact) mass is 248 g/mol. The molecule has 96 valence electrons. The highest BCUT2D eigenvalue weighted by molar-refractivity contribution is 5.72. The molecule has 0 aromatic heterocycles. The van der Waals surface area contributed by atoms with Crippen molar-refractivity contribution in [1.82, 2.24) is 0 Å². The summed E-state index contributed by atoms with van der Waals surface area (Å²) in [5.41, 5.74) is 2.04. The van der Waals surface area contributed by atoms with Gasteiger partial charge in [0.2, 0.25) is 0 Å². The Kier molecular flexibility index (Phi) is 4.50. The SMILES string of the molecule is COC(=O)CC=Cc1ccc(C2OCCO2)cc1. The molecule has 4 heteroatoms. The van der Waals surface area contributed by atoms with Crippen molar-refractivity contribution in [2.45, 2.75) is 12.7 Å². The molecule has 1 aromatic rings. The summed E-state index contributed by atoms with van der Waals surface area (Å²) in [7, 11) is 1.38. The zero-order valence-corrected chi connectivity index (χ0v) is 10.3. The minimum absolute atomic E-state index is 0.238. The fourth-order valence-electron chi connectivity index (χ4n) is 1.69. The highest BCUT2D eigenvalue weighted by Gasteiger charge is 2.17. The van der Waals surface area contributed by atoms with Crippen LogP contribution in [0.3, 0.4) is 0 Å². The number of carbonyl (C=O) groups is 1. The molecule has 0 aliphatic carbocycles. The summed E-state index contributed by atoms with van der Waals surface area (Å²) in [6.45, 7) is 1.29. The molecule has 2 rings (SSSR count). The molecule has 1 aliphatic heterocycles.